The summed E-state index contributed by atoms with van der Waals surface area (Å²) in [5, 5.41) is 7.79. The summed E-state index contributed by atoms with van der Waals surface area (Å²) in [6.07, 6.45) is 6.58. The van der Waals surface area contributed by atoms with Gasteiger partial charge < -0.3 is 10.6 Å². The van der Waals surface area contributed by atoms with Crippen molar-refractivity contribution < 1.29 is 4.79 Å². The fourth-order valence-corrected chi connectivity index (χ4v) is 4.50. The van der Waals surface area contributed by atoms with E-state index in [0.29, 0.717) is 6.54 Å². The molecule has 1 aliphatic rings. The fraction of sp³-hybridized carbons (Fsp3) is 0.385. The SMILES string of the molecule is CN(C)CCCCCCCN(C(N)=O)c1ccc(-c2n[nH]c3c2Cc2ccccc2-3)cc1. The largest absolute Gasteiger partial charge is 0.351 e. The molecule has 1 aromatic heterocycles. The topological polar surface area (TPSA) is 78.2 Å². The predicted octanol–water partition coefficient (Wildman–Crippen LogP) is 5.05. The highest BCUT2D eigenvalue weighted by molar-refractivity contribution is 5.91. The highest BCUT2D eigenvalue weighted by Gasteiger charge is 2.24. The van der Waals surface area contributed by atoms with Crippen molar-refractivity contribution in [2.24, 2.45) is 5.73 Å². The first-order valence-corrected chi connectivity index (χ1v) is 11.5. The zero-order valence-electron chi connectivity index (χ0n) is 19.1. The summed E-state index contributed by atoms with van der Waals surface area (Å²) in [5.41, 5.74) is 13.5. The molecule has 3 aromatic rings. The van der Waals surface area contributed by atoms with Gasteiger partial charge in [-0.05, 0) is 51.2 Å². The van der Waals surface area contributed by atoms with Crippen LogP contribution in [0.5, 0.6) is 0 Å². The van der Waals surface area contributed by atoms with E-state index in [1.807, 2.05) is 24.3 Å². The lowest BCUT2D eigenvalue weighted by Crippen LogP contribution is -2.36. The monoisotopic (exact) mass is 431 g/mol. The number of amides is 2. The van der Waals surface area contributed by atoms with Crippen LogP contribution < -0.4 is 10.6 Å². The van der Waals surface area contributed by atoms with Gasteiger partial charge in [0.2, 0.25) is 0 Å². The third-order valence-corrected chi connectivity index (χ3v) is 6.23. The molecule has 6 nitrogen and oxygen atoms in total. The summed E-state index contributed by atoms with van der Waals surface area (Å²) in [6, 6.07) is 16.1. The quantitative estimate of drug-likeness (QED) is 0.345. The van der Waals surface area contributed by atoms with Gasteiger partial charge in [-0.1, -0.05) is 55.7 Å². The minimum atomic E-state index is -0.401. The summed E-state index contributed by atoms with van der Waals surface area (Å²) in [6.45, 7) is 1.78. The Balaban J connectivity index is 1.37. The van der Waals surface area contributed by atoms with E-state index in [9.17, 15) is 4.79 Å². The smallest absolute Gasteiger partial charge is 0.319 e. The second-order valence-corrected chi connectivity index (χ2v) is 8.87. The maximum absolute atomic E-state index is 12.1. The van der Waals surface area contributed by atoms with Gasteiger partial charge in [-0.3, -0.25) is 10.00 Å². The molecule has 3 N–H and O–H groups in total. The van der Waals surface area contributed by atoms with Crippen molar-refractivity contribution in [1.82, 2.24) is 15.1 Å². The van der Waals surface area contributed by atoms with Crippen LogP contribution >= 0.6 is 0 Å². The Bertz CT molecular complexity index is 1050. The van der Waals surface area contributed by atoms with Gasteiger partial charge in [0.1, 0.15) is 0 Å². The molecule has 6 heteroatoms. The Morgan fingerprint density at radius 2 is 1.66 bits per heavy atom. The van der Waals surface area contributed by atoms with E-state index in [4.69, 9.17) is 5.73 Å². The third-order valence-electron chi connectivity index (χ3n) is 6.23. The number of aromatic amines is 1. The maximum atomic E-state index is 12.1. The molecule has 0 saturated heterocycles. The van der Waals surface area contributed by atoms with Crippen molar-refractivity contribution in [3.63, 3.8) is 0 Å². The number of urea groups is 1. The zero-order valence-corrected chi connectivity index (χ0v) is 19.1. The summed E-state index contributed by atoms with van der Waals surface area (Å²) in [7, 11) is 4.21. The zero-order chi connectivity index (χ0) is 22.5. The average molecular weight is 432 g/mol. The number of carbonyl (C=O) groups is 1. The Kier molecular flexibility index (Phi) is 6.90. The van der Waals surface area contributed by atoms with Gasteiger partial charge in [-0.25, -0.2) is 4.79 Å². The molecule has 2 amide bonds. The van der Waals surface area contributed by atoms with E-state index in [1.165, 1.54) is 36.0 Å². The minimum absolute atomic E-state index is 0.401. The van der Waals surface area contributed by atoms with E-state index < -0.39 is 6.03 Å². The van der Waals surface area contributed by atoms with Gasteiger partial charge in [-0.15, -0.1) is 0 Å². The number of benzene rings is 2. The summed E-state index contributed by atoms with van der Waals surface area (Å²) < 4.78 is 0. The molecule has 2 aromatic carbocycles. The second kappa shape index (κ2) is 10.0. The first kappa shape index (κ1) is 22.1. The number of primary amides is 1. The van der Waals surface area contributed by atoms with Crippen LogP contribution in [0.3, 0.4) is 0 Å². The first-order chi connectivity index (χ1) is 15.5. The van der Waals surface area contributed by atoms with Crippen LogP contribution in [-0.2, 0) is 6.42 Å². The third kappa shape index (κ3) is 4.86. The Hall–Kier alpha value is -3.12. The van der Waals surface area contributed by atoms with Gasteiger partial charge >= 0.3 is 6.03 Å². The number of rotatable bonds is 10. The maximum Gasteiger partial charge on any atom is 0.319 e. The molecule has 0 spiro atoms. The van der Waals surface area contributed by atoms with Crippen LogP contribution in [0.2, 0.25) is 0 Å². The van der Waals surface area contributed by atoms with Crippen molar-refractivity contribution in [2.45, 2.75) is 38.5 Å². The van der Waals surface area contributed by atoms with Crippen LogP contribution in [0.4, 0.5) is 10.5 Å². The molecule has 0 radical (unpaired) electrons. The standard InChI is InChI=1S/C26H33N5O/c1-30(2)16-8-4-3-5-9-17-31(26(27)32)21-14-12-19(13-15-21)24-23-18-20-10-6-7-11-22(20)25(23)29-28-24/h6-7,10-15H,3-5,8-9,16-18H2,1-2H3,(H2,27,32)(H,28,29). The van der Waals surface area contributed by atoms with Crippen molar-refractivity contribution in [1.29, 1.82) is 0 Å². The molecule has 4 rings (SSSR count). The molecule has 0 aliphatic heterocycles. The molecule has 0 bridgehead atoms. The van der Waals surface area contributed by atoms with E-state index in [1.54, 1.807) is 4.90 Å². The average Bonchev–Trinajstić information content (AvgIpc) is 3.35. The van der Waals surface area contributed by atoms with Gasteiger partial charge in [0.25, 0.3) is 0 Å². The number of carbonyl (C=O) groups excluding carboxylic acids is 1. The molecule has 1 aliphatic carbocycles. The number of unbranched alkanes of at least 4 members (excludes halogenated alkanes) is 4. The Labute approximate surface area is 190 Å². The molecule has 32 heavy (non-hydrogen) atoms. The number of aromatic nitrogens is 2. The normalized spacial score (nSPS) is 12.1. The van der Waals surface area contributed by atoms with Gasteiger partial charge in [0, 0.05) is 35.3 Å². The summed E-state index contributed by atoms with van der Waals surface area (Å²) in [5.74, 6) is 0. The summed E-state index contributed by atoms with van der Waals surface area (Å²) >= 11 is 0. The lowest BCUT2D eigenvalue weighted by atomic mass is 10.0. The molecule has 0 unspecified atom stereocenters. The molecular weight excluding hydrogens is 398 g/mol. The van der Waals surface area contributed by atoms with Crippen LogP contribution in [0.1, 0.15) is 43.2 Å². The lowest BCUT2D eigenvalue weighted by molar-refractivity contribution is 0.253. The predicted molar refractivity (Wildman–Crippen MR) is 131 cm³/mol. The van der Waals surface area contributed by atoms with Crippen LogP contribution in [-0.4, -0.2) is 48.3 Å². The number of hydrogen-bond acceptors (Lipinski definition) is 3. The minimum Gasteiger partial charge on any atom is -0.351 e. The van der Waals surface area contributed by atoms with Crippen molar-refractivity contribution in [3.8, 4) is 22.5 Å². The molecule has 168 valence electrons. The van der Waals surface area contributed by atoms with E-state index in [0.717, 1.165) is 48.4 Å². The molecule has 0 atom stereocenters. The number of hydrogen-bond donors (Lipinski definition) is 2. The van der Waals surface area contributed by atoms with Gasteiger partial charge in [-0.2, -0.15) is 5.10 Å². The van der Waals surface area contributed by atoms with E-state index in [-0.39, 0.29) is 0 Å². The number of nitrogens with zero attached hydrogens (tertiary/aromatic N) is 3. The van der Waals surface area contributed by atoms with Crippen molar-refractivity contribution >= 4 is 11.7 Å². The Morgan fingerprint density at radius 1 is 0.969 bits per heavy atom. The van der Waals surface area contributed by atoms with E-state index >= 15 is 0 Å². The second-order valence-electron chi connectivity index (χ2n) is 8.87. The number of fused-ring (bicyclic) bond motifs is 3. The fourth-order valence-electron chi connectivity index (χ4n) is 4.50. The van der Waals surface area contributed by atoms with E-state index in [2.05, 4.69) is 53.5 Å². The lowest BCUT2D eigenvalue weighted by Gasteiger charge is -2.21. The molecule has 0 saturated carbocycles. The Morgan fingerprint density at radius 3 is 2.38 bits per heavy atom. The van der Waals surface area contributed by atoms with Gasteiger partial charge in [0.05, 0.1) is 11.4 Å². The number of anilines is 1. The number of nitrogens with two attached hydrogens (primary N) is 1. The van der Waals surface area contributed by atoms with Crippen LogP contribution in [0.25, 0.3) is 22.5 Å². The number of H-pyrrole nitrogens is 1. The molecule has 1 heterocycles. The summed E-state index contributed by atoms with van der Waals surface area (Å²) in [4.78, 5) is 16.0. The van der Waals surface area contributed by atoms with Crippen LogP contribution in [0.15, 0.2) is 48.5 Å². The number of nitrogens with one attached hydrogen (secondary N) is 1. The highest BCUT2D eigenvalue weighted by Crippen LogP contribution is 2.40. The molecule has 0 fully saturated rings. The highest BCUT2D eigenvalue weighted by atomic mass is 16.2. The molecular formula is C26H33N5O. The van der Waals surface area contributed by atoms with Gasteiger partial charge in [0.15, 0.2) is 0 Å². The van der Waals surface area contributed by atoms with Crippen molar-refractivity contribution in [2.75, 3.05) is 32.1 Å². The van der Waals surface area contributed by atoms with Crippen LogP contribution in [0, 0.1) is 0 Å². The first-order valence-electron chi connectivity index (χ1n) is 11.5. The van der Waals surface area contributed by atoms with Crippen molar-refractivity contribution in [3.05, 3.63) is 59.7 Å².